The third-order valence-electron chi connectivity index (χ3n) is 7.15. The van der Waals surface area contributed by atoms with Crippen LogP contribution in [0.4, 0.5) is 0 Å². The monoisotopic (exact) mass is 553 g/mol. The van der Waals surface area contributed by atoms with Gasteiger partial charge in [0.05, 0.1) is 18.7 Å². The number of aryl methyl sites for hydroxylation is 1. The van der Waals surface area contributed by atoms with Crippen molar-refractivity contribution in [3.8, 4) is 17.2 Å². The number of benzene rings is 1. The first-order valence-electron chi connectivity index (χ1n) is 15.8. The Morgan fingerprint density at radius 2 is 1.48 bits per heavy atom. The van der Waals surface area contributed by atoms with Crippen molar-refractivity contribution >= 4 is 10.9 Å². The molecular formula is C35H55NO4. The van der Waals surface area contributed by atoms with Crippen LogP contribution in [0.2, 0.25) is 0 Å². The van der Waals surface area contributed by atoms with Gasteiger partial charge in [0, 0.05) is 18.0 Å². The third-order valence-corrected chi connectivity index (χ3v) is 7.15. The zero-order chi connectivity index (χ0) is 29.2. The van der Waals surface area contributed by atoms with Gasteiger partial charge in [-0.05, 0) is 71.1 Å². The fraction of sp³-hybridized carbons (Fsp3) is 0.629. The van der Waals surface area contributed by atoms with E-state index in [0.717, 1.165) is 61.6 Å². The number of hydrogen-bond donors (Lipinski definition) is 0. The molecule has 0 N–H and O–H groups in total. The number of rotatable bonds is 21. The van der Waals surface area contributed by atoms with Gasteiger partial charge in [-0.25, -0.2) is 0 Å². The fourth-order valence-electron chi connectivity index (χ4n) is 4.63. The van der Waals surface area contributed by atoms with E-state index < -0.39 is 0 Å². The lowest BCUT2D eigenvalue weighted by Crippen LogP contribution is -2.24. The molecule has 0 unspecified atom stereocenters. The van der Waals surface area contributed by atoms with E-state index >= 15 is 0 Å². The Hall–Kier alpha value is -2.69. The SMILES string of the molecule is CCCCCCCCOc1ccc2c(OCCCC)c(OC/C=C(\C)CCC=C(C)C)c(=O)n(CCCC)c2c1. The molecule has 2 rings (SSSR count). The van der Waals surface area contributed by atoms with Crippen LogP contribution in [0.1, 0.15) is 119 Å². The van der Waals surface area contributed by atoms with Gasteiger partial charge in [0.2, 0.25) is 5.75 Å². The summed E-state index contributed by atoms with van der Waals surface area (Å²) >= 11 is 0. The van der Waals surface area contributed by atoms with E-state index in [2.05, 4.69) is 53.7 Å². The van der Waals surface area contributed by atoms with Crippen LogP contribution in [-0.4, -0.2) is 24.4 Å². The minimum atomic E-state index is -0.129. The van der Waals surface area contributed by atoms with Crippen molar-refractivity contribution in [3.63, 3.8) is 0 Å². The minimum absolute atomic E-state index is 0.129. The molecule has 0 saturated heterocycles. The summed E-state index contributed by atoms with van der Waals surface area (Å²) in [6.07, 6.45) is 17.5. The summed E-state index contributed by atoms with van der Waals surface area (Å²) in [6.45, 7) is 15.1. The zero-order valence-electron chi connectivity index (χ0n) is 26.3. The number of nitrogens with zero attached hydrogens (tertiary/aromatic N) is 1. The molecule has 0 aliphatic carbocycles. The molecule has 0 aliphatic heterocycles. The van der Waals surface area contributed by atoms with E-state index in [1.165, 1.54) is 43.3 Å². The Labute approximate surface area is 243 Å². The van der Waals surface area contributed by atoms with E-state index in [1.807, 2.05) is 22.8 Å². The lowest BCUT2D eigenvalue weighted by molar-refractivity contribution is 0.277. The molecule has 2 aromatic rings. The minimum Gasteiger partial charge on any atom is -0.494 e. The van der Waals surface area contributed by atoms with Crippen LogP contribution in [0.3, 0.4) is 0 Å². The molecule has 1 aromatic heterocycles. The van der Waals surface area contributed by atoms with Crippen LogP contribution < -0.4 is 19.8 Å². The largest absolute Gasteiger partial charge is 0.494 e. The topological polar surface area (TPSA) is 49.7 Å². The predicted octanol–water partition coefficient (Wildman–Crippen LogP) is 9.79. The first-order chi connectivity index (χ1) is 19.4. The number of aromatic nitrogens is 1. The molecule has 40 heavy (non-hydrogen) atoms. The third kappa shape index (κ3) is 11.4. The highest BCUT2D eigenvalue weighted by atomic mass is 16.5. The number of pyridine rings is 1. The molecule has 0 aliphatic rings. The summed E-state index contributed by atoms with van der Waals surface area (Å²) in [6, 6.07) is 6.04. The molecule has 0 amide bonds. The summed E-state index contributed by atoms with van der Waals surface area (Å²) in [5.74, 6) is 1.67. The van der Waals surface area contributed by atoms with Crippen LogP contribution in [0.15, 0.2) is 46.3 Å². The van der Waals surface area contributed by atoms with Gasteiger partial charge in [-0.1, -0.05) is 82.9 Å². The van der Waals surface area contributed by atoms with Gasteiger partial charge in [-0.3, -0.25) is 4.79 Å². The van der Waals surface area contributed by atoms with Gasteiger partial charge in [-0.15, -0.1) is 0 Å². The Morgan fingerprint density at radius 1 is 0.775 bits per heavy atom. The normalized spacial score (nSPS) is 11.6. The van der Waals surface area contributed by atoms with E-state index in [4.69, 9.17) is 14.2 Å². The molecule has 0 radical (unpaired) electrons. The van der Waals surface area contributed by atoms with Gasteiger partial charge in [-0.2, -0.15) is 0 Å². The number of allylic oxidation sites excluding steroid dienone is 3. The molecule has 1 heterocycles. The summed E-state index contributed by atoms with van der Waals surface area (Å²) in [4.78, 5) is 13.9. The maximum atomic E-state index is 13.9. The molecule has 0 atom stereocenters. The second-order valence-electron chi connectivity index (χ2n) is 11.1. The predicted molar refractivity (Wildman–Crippen MR) is 170 cm³/mol. The van der Waals surface area contributed by atoms with Crippen molar-refractivity contribution in [1.82, 2.24) is 4.57 Å². The van der Waals surface area contributed by atoms with Crippen LogP contribution in [0.5, 0.6) is 17.2 Å². The smallest absolute Gasteiger partial charge is 0.297 e. The molecule has 0 spiro atoms. The van der Waals surface area contributed by atoms with E-state index in [9.17, 15) is 4.79 Å². The van der Waals surface area contributed by atoms with Gasteiger partial charge in [0.1, 0.15) is 12.4 Å². The first-order valence-corrected chi connectivity index (χ1v) is 15.8. The van der Waals surface area contributed by atoms with E-state index in [0.29, 0.717) is 37.9 Å². The highest BCUT2D eigenvalue weighted by molar-refractivity contribution is 5.89. The maximum Gasteiger partial charge on any atom is 0.297 e. The molecule has 224 valence electrons. The molecule has 5 nitrogen and oxygen atoms in total. The molecular weight excluding hydrogens is 498 g/mol. The summed E-state index contributed by atoms with van der Waals surface area (Å²) in [5, 5.41) is 0.901. The van der Waals surface area contributed by atoms with Crippen LogP contribution in [-0.2, 0) is 6.54 Å². The summed E-state index contributed by atoms with van der Waals surface area (Å²) < 4.78 is 20.4. The first kappa shape index (κ1) is 33.5. The molecule has 1 aromatic carbocycles. The Morgan fingerprint density at radius 3 is 2.20 bits per heavy atom. The Bertz CT molecular complexity index is 1120. The van der Waals surface area contributed by atoms with Crippen molar-refractivity contribution in [2.75, 3.05) is 19.8 Å². The highest BCUT2D eigenvalue weighted by Crippen LogP contribution is 2.35. The van der Waals surface area contributed by atoms with E-state index in [1.54, 1.807) is 0 Å². The summed E-state index contributed by atoms with van der Waals surface area (Å²) in [5.41, 5.74) is 3.31. The zero-order valence-corrected chi connectivity index (χ0v) is 26.3. The van der Waals surface area contributed by atoms with Crippen LogP contribution in [0.25, 0.3) is 10.9 Å². The second kappa shape index (κ2) is 19.4. The average Bonchev–Trinajstić information content (AvgIpc) is 2.93. The quantitative estimate of drug-likeness (QED) is 0.114. The Kier molecular flexibility index (Phi) is 16.3. The van der Waals surface area contributed by atoms with Gasteiger partial charge in [0.15, 0.2) is 5.75 Å². The van der Waals surface area contributed by atoms with Gasteiger partial charge in [0.25, 0.3) is 5.56 Å². The number of hydrogen-bond acceptors (Lipinski definition) is 4. The van der Waals surface area contributed by atoms with Crippen molar-refractivity contribution in [3.05, 3.63) is 51.9 Å². The molecule has 0 bridgehead atoms. The lowest BCUT2D eigenvalue weighted by atomic mass is 10.1. The fourth-order valence-corrected chi connectivity index (χ4v) is 4.63. The number of unbranched alkanes of at least 4 members (excludes halogenated alkanes) is 7. The van der Waals surface area contributed by atoms with Crippen molar-refractivity contribution < 1.29 is 14.2 Å². The van der Waals surface area contributed by atoms with Crippen molar-refractivity contribution in [1.29, 1.82) is 0 Å². The van der Waals surface area contributed by atoms with Crippen LogP contribution >= 0.6 is 0 Å². The molecule has 0 saturated carbocycles. The standard InChI is InChI=1S/C35H55NO4/c1-7-10-13-14-15-16-25-38-30-20-21-31-32(27-30)36(23-11-8-2)35(37)34(33(31)39-24-12-9-3)40-26-22-29(6)19-17-18-28(4)5/h18,20-22,27H,7-17,19,23-26H2,1-6H3/b29-22+. The van der Waals surface area contributed by atoms with Gasteiger partial charge >= 0.3 is 0 Å². The number of fused-ring (bicyclic) bond motifs is 1. The highest BCUT2D eigenvalue weighted by Gasteiger charge is 2.20. The van der Waals surface area contributed by atoms with Crippen LogP contribution in [0, 0.1) is 0 Å². The van der Waals surface area contributed by atoms with Gasteiger partial charge < -0.3 is 18.8 Å². The maximum absolute atomic E-state index is 13.9. The average molecular weight is 554 g/mol. The van der Waals surface area contributed by atoms with Crippen molar-refractivity contribution in [2.24, 2.45) is 0 Å². The summed E-state index contributed by atoms with van der Waals surface area (Å²) in [7, 11) is 0. The molecule has 0 fully saturated rings. The second-order valence-corrected chi connectivity index (χ2v) is 11.1. The Balaban J connectivity index is 2.34. The molecule has 5 heteroatoms. The number of ether oxygens (including phenoxy) is 3. The van der Waals surface area contributed by atoms with E-state index in [-0.39, 0.29) is 5.56 Å². The van der Waals surface area contributed by atoms with Crippen molar-refractivity contribution in [2.45, 2.75) is 125 Å². The lowest BCUT2D eigenvalue weighted by Gasteiger charge is -2.19.